The second-order valence-corrected chi connectivity index (χ2v) is 13.0. The van der Waals surface area contributed by atoms with E-state index < -0.39 is 18.4 Å². The summed E-state index contributed by atoms with van der Waals surface area (Å²) in [6.07, 6.45) is 6.24. The molecule has 1 aromatic heterocycles. The van der Waals surface area contributed by atoms with Crippen molar-refractivity contribution in [3.05, 3.63) is 94.8 Å². The minimum atomic E-state index is -1.19. The Bertz CT molecular complexity index is 1890. The Labute approximate surface area is 289 Å². The quantitative estimate of drug-likeness (QED) is 0.140. The van der Waals surface area contributed by atoms with Crippen molar-refractivity contribution < 1.29 is 29.0 Å². The van der Waals surface area contributed by atoms with Gasteiger partial charge in [0.05, 0.1) is 19.3 Å². The monoisotopic (exact) mass is 683 g/mol. The standard InChI is InChI=1S/C37H38ClN5O6/c1-24-31(38)10-5-12-33(24)49-14-6-13-34(45)43-20-26-16-30(26)37-29(9-4-11-32(37)43)27-17-39-42(19-27)18-25-7-3-8-28(15-25)40(2)35(46)21-41(23-44)22-36(47)48/h3-5,7-12,15,17,19,23,26,30H,6,13-14,16,18,20-22H2,1-2H3,(H,47,48). The van der Waals surface area contributed by atoms with E-state index in [0.717, 1.165) is 51.6 Å². The number of halogens is 1. The molecule has 11 nitrogen and oxygen atoms in total. The largest absolute Gasteiger partial charge is 0.493 e. The summed E-state index contributed by atoms with van der Waals surface area (Å²) in [6.45, 7) is 2.64. The molecule has 4 aromatic rings. The number of benzene rings is 3. The summed E-state index contributed by atoms with van der Waals surface area (Å²) in [4.78, 5) is 52.7. The number of likely N-dealkylation sites (N-methyl/N-ethyl adjacent to an activating group) is 1. The topological polar surface area (TPSA) is 125 Å². The lowest BCUT2D eigenvalue weighted by molar-refractivity contribution is -0.141. The van der Waals surface area contributed by atoms with Crippen molar-refractivity contribution in [3.63, 3.8) is 0 Å². The summed E-state index contributed by atoms with van der Waals surface area (Å²) in [5.41, 5.74) is 6.64. The van der Waals surface area contributed by atoms with Crippen LogP contribution in [0.2, 0.25) is 5.02 Å². The maximum Gasteiger partial charge on any atom is 0.323 e. The van der Waals surface area contributed by atoms with Crippen molar-refractivity contribution >= 4 is 47.2 Å². The van der Waals surface area contributed by atoms with Crippen LogP contribution in [0, 0.1) is 12.8 Å². The Kier molecular flexibility index (Phi) is 10.0. The minimum Gasteiger partial charge on any atom is -0.493 e. The van der Waals surface area contributed by atoms with Crippen molar-refractivity contribution in [2.45, 2.75) is 38.6 Å². The maximum absolute atomic E-state index is 13.5. The lowest BCUT2D eigenvalue weighted by atomic mass is 9.92. The number of carbonyl (C=O) groups is 4. The second-order valence-electron chi connectivity index (χ2n) is 12.6. The number of carbonyl (C=O) groups excluding carboxylic acids is 3. The van der Waals surface area contributed by atoms with E-state index >= 15 is 0 Å². The number of fused-ring (bicyclic) bond motifs is 3. The zero-order chi connectivity index (χ0) is 34.7. The molecular formula is C37H38ClN5O6. The molecule has 3 amide bonds. The molecule has 0 spiro atoms. The molecule has 1 saturated carbocycles. The van der Waals surface area contributed by atoms with Crippen LogP contribution in [0.5, 0.6) is 5.75 Å². The van der Waals surface area contributed by atoms with E-state index in [1.54, 1.807) is 13.1 Å². The smallest absolute Gasteiger partial charge is 0.323 e. The molecule has 1 fully saturated rings. The fourth-order valence-electron chi connectivity index (χ4n) is 6.45. The van der Waals surface area contributed by atoms with Crippen molar-refractivity contribution in [1.82, 2.24) is 14.7 Å². The lowest BCUT2D eigenvalue weighted by Crippen LogP contribution is -2.40. The predicted molar refractivity (Wildman–Crippen MR) is 186 cm³/mol. The van der Waals surface area contributed by atoms with Gasteiger partial charge in [0.25, 0.3) is 0 Å². The van der Waals surface area contributed by atoms with E-state index in [1.807, 2.05) is 77.4 Å². The van der Waals surface area contributed by atoms with Crippen molar-refractivity contribution in [2.75, 3.05) is 43.1 Å². The average molecular weight is 684 g/mol. The van der Waals surface area contributed by atoms with E-state index in [0.29, 0.717) is 54.9 Å². The predicted octanol–water partition coefficient (Wildman–Crippen LogP) is 5.38. The summed E-state index contributed by atoms with van der Waals surface area (Å²) in [5, 5.41) is 14.3. The second kappa shape index (κ2) is 14.5. The number of ether oxygens (including phenoxy) is 1. The summed E-state index contributed by atoms with van der Waals surface area (Å²) < 4.78 is 7.76. The molecule has 0 bridgehead atoms. The van der Waals surface area contributed by atoms with Gasteiger partial charge in [0.2, 0.25) is 18.2 Å². The fourth-order valence-corrected chi connectivity index (χ4v) is 6.62. The molecular weight excluding hydrogens is 646 g/mol. The molecule has 6 rings (SSSR count). The van der Waals surface area contributed by atoms with E-state index in [-0.39, 0.29) is 12.5 Å². The first-order valence-electron chi connectivity index (χ1n) is 16.2. The number of amides is 3. The van der Waals surface area contributed by atoms with Crippen LogP contribution in [-0.2, 0) is 25.7 Å². The van der Waals surface area contributed by atoms with Gasteiger partial charge in [0.15, 0.2) is 0 Å². The highest BCUT2D eigenvalue weighted by molar-refractivity contribution is 6.31. The number of carboxylic acids is 1. The first-order chi connectivity index (χ1) is 23.6. The Morgan fingerprint density at radius 2 is 1.90 bits per heavy atom. The van der Waals surface area contributed by atoms with Crippen LogP contribution in [0.1, 0.15) is 41.9 Å². The average Bonchev–Trinajstić information content (AvgIpc) is 3.74. The molecule has 1 aliphatic carbocycles. The highest BCUT2D eigenvalue weighted by Crippen LogP contribution is 2.57. The van der Waals surface area contributed by atoms with E-state index in [2.05, 4.69) is 11.2 Å². The van der Waals surface area contributed by atoms with Crippen molar-refractivity contribution in [1.29, 1.82) is 0 Å². The first kappa shape index (κ1) is 33.7. The van der Waals surface area contributed by atoms with Crippen LogP contribution in [0.25, 0.3) is 11.1 Å². The summed E-state index contributed by atoms with van der Waals surface area (Å²) in [7, 11) is 1.59. The van der Waals surface area contributed by atoms with Gasteiger partial charge in [-0.2, -0.15) is 5.10 Å². The molecule has 2 unspecified atom stereocenters. The Morgan fingerprint density at radius 1 is 1.10 bits per heavy atom. The Hall–Kier alpha value is -5.16. The van der Waals surface area contributed by atoms with Crippen LogP contribution in [0.4, 0.5) is 11.4 Å². The van der Waals surface area contributed by atoms with E-state index in [4.69, 9.17) is 21.4 Å². The molecule has 0 saturated heterocycles. The Morgan fingerprint density at radius 3 is 2.69 bits per heavy atom. The highest BCUT2D eigenvalue weighted by Gasteiger charge is 2.47. The summed E-state index contributed by atoms with van der Waals surface area (Å²) >= 11 is 6.21. The molecule has 3 aromatic carbocycles. The van der Waals surface area contributed by atoms with Gasteiger partial charge in [-0.1, -0.05) is 41.9 Å². The molecule has 1 aliphatic heterocycles. The van der Waals surface area contributed by atoms with E-state index in [9.17, 15) is 19.2 Å². The van der Waals surface area contributed by atoms with Crippen LogP contribution < -0.4 is 14.5 Å². The van der Waals surface area contributed by atoms with Gasteiger partial charge in [0, 0.05) is 53.7 Å². The van der Waals surface area contributed by atoms with Crippen molar-refractivity contribution in [2.24, 2.45) is 5.92 Å². The highest BCUT2D eigenvalue weighted by atomic mass is 35.5. The number of hydrogen-bond donors (Lipinski definition) is 1. The zero-order valence-electron chi connectivity index (χ0n) is 27.4. The Balaban J connectivity index is 1.12. The number of rotatable bonds is 14. The molecule has 2 aliphatic rings. The van der Waals surface area contributed by atoms with Crippen LogP contribution in [0.15, 0.2) is 73.1 Å². The van der Waals surface area contributed by atoms with Crippen LogP contribution >= 0.6 is 11.6 Å². The molecule has 12 heteroatoms. The third kappa shape index (κ3) is 7.62. The maximum atomic E-state index is 13.5. The van der Waals surface area contributed by atoms with Crippen LogP contribution in [-0.4, -0.2) is 77.3 Å². The summed E-state index contributed by atoms with van der Waals surface area (Å²) in [6, 6.07) is 19.1. The molecule has 0 radical (unpaired) electrons. The van der Waals surface area contributed by atoms with Crippen molar-refractivity contribution in [3.8, 4) is 16.9 Å². The zero-order valence-corrected chi connectivity index (χ0v) is 28.2. The van der Waals surface area contributed by atoms with E-state index in [1.165, 1.54) is 10.5 Å². The number of hydrogen-bond acceptors (Lipinski definition) is 6. The SMILES string of the molecule is Cc1c(Cl)cccc1OCCCC(=O)N1CC2CC2c2c(-c3cnn(Cc4cccc(N(C)C(=O)CN(C=O)CC(=O)O)c4)c3)cccc21. The molecule has 1 N–H and O–H groups in total. The molecule has 254 valence electrons. The number of aromatic nitrogens is 2. The third-order valence-corrected chi connectivity index (χ3v) is 9.59. The summed E-state index contributed by atoms with van der Waals surface area (Å²) in [5.74, 6) is 0.0970. The third-order valence-electron chi connectivity index (χ3n) is 9.18. The van der Waals surface area contributed by atoms with Gasteiger partial charge in [0.1, 0.15) is 18.8 Å². The van der Waals surface area contributed by atoms with Gasteiger partial charge in [-0.05, 0) is 78.6 Å². The number of nitrogens with zero attached hydrogens (tertiary/aromatic N) is 5. The molecule has 49 heavy (non-hydrogen) atoms. The minimum absolute atomic E-state index is 0.0925. The molecule has 2 atom stereocenters. The van der Waals surface area contributed by atoms with Gasteiger partial charge in [-0.15, -0.1) is 0 Å². The fraction of sp³-hybridized carbons (Fsp3) is 0.324. The van der Waals surface area contributed by atoms with Gasteiger partial charge < -0.3 is 24.5 Å². The van der Waals surface area contributed by atoms with Gasteiger partial charge in [-0.25, -0.2) is 0 Å². The number of carboxylic acid groups (broad SMARTS) is 1. The van der Waals surface area contributed by atoms with Crippen LogP contribution in [0.3, 0.4) is 0 Å². The normalized spacial score (nSPS) is 15.9. The molecule has 2 heterocycles. The lowest BCUT2D eigenvalue weighted by Gasteiger charge is -2.30. The number of aliphatic carboxylic acids is 1. The first-order valence-corrected chi connectivity index (χ1v) is 16.6. The van der Waals surface area contributed by atoms with Gasteiger partial charge in [-0.3, -0.25) is 23.9 Å². The number of anilines is 2. The van der Waals surface area contributed by atoms with Gasteiger partial charge >= 0.3 is 5.97 Å².